The molecule has 1 atom stereocenters. The molecule has 0 aliphatic carbocycles. The minimum atomic E-state index is -1.35. The summed E-state index contributed by atoms with van der Waals surface area (Å²) in [5, 5.41) is 19.8. The molecule has 0 fully saturated rings. The van der Waals surface area contributed by atoms with Crippen LogP contribution >= 0.6 is 27.5 Å². The quantitative estimate of drug-likeness (QED) is 0.779. The number of carboxylic acid groups (broad SMARTS) is 1. The van der Waals surface area contributed by atoms with E-state index < -0.39 is 24.5 Å². The molecule has 1 rings (SSSR count). The van der Waals surface area contributed by atoms with E-state index in [-0.39, 0.29) is 10.6 Å². The van der Waals surface area contributed by atoms with Gasteiger partial charge in [0.25, 0.3) is 5.91 Å². The summed E-state index contributed by atoms with van der Waals surface area (Å²) in [5.41, 5.74) is 0.140. The van der Waals surface area contributed by atoms with E-state index in [1.165, 1.54) is 12.1 Å². The number of rotatable bonds is 4. The fourth-order valence-corrected chi connectivity index (χ4v) is 1.66. The predicted molar refractivity (Wildman–Crippen MR) is 65.1 cm³/mol. The summed E-state index contributed by atoms with van der Waals surface area (Å²) >= 11 is 8.98. The first-order valence-electron chi connectivity index (χ1n) is 4.55. The largest absolute Gasteiger partial charge is 0.480 e. The number of nitrogens with one attached hydrogen (secondary N) is 1. The molecule has 0 saturated heterocycles. The molecule has 1 aromatic carbocycles. The number of carbonyl (C=O) groups is 2. The molecule has 5 nitrogen and oxygen atoms in total. The molecule has 0 unspecified atom stereocenters. The van der Waals surface area contributed by atoms with Crippen LogP contribution in [-0.2, 0) is 4.79 Å². The number of hydrogen-bond donors (Lipinski definition) is 3. The number of hydrogen-bond acceptors (Lipinski definition) is 3. The number of aliphatic carboxylic acids is 1. The van der Waals surface area contributed by atoms with Crippen molar-refractivity contribution in [2.45, 2.75) is 6.04 Å². The zero-order chi connectivity index (χ0) is 13.0. The third-order valence-electron chi connectivity index (χ3n) is 1.96. The first kappa shape index (κ1) is 14.0. The second-order valence-electron chi connectivity index (χ2n) is 3.17. The lowest BCUT2D eigenvalue weighted by molar-refractivity contribution is -0.140. The Labute approximate surface area is 111 Å². The van der Waals surface area contributed by atoms with E-state index in [1.54, 1.807) is 6.07 Å². The van der Waals surface area contributed by atoms with Crippen LogP contribution in [-0.4, -0.2) is 34.7 Å². The van der Waals surface area contributed by atoms with Crippen LogP contribution in [0.4, 0.5) is 0 Å². The number of amides is 1. The fourth-order valence-electron chi connectivity index (χ4n) is 1.09. The second kappa shape index (κ2) is 6.00. The Bertz CT molecular complexity index is 452. The zero-order valence-electron chi connectivity index (χ0n) is 8.48. The van der Waals surface area contributed by atoms with E-state index in [1.807, 2.05) is 0 Å². The van der Waals surface area contributed by atoms with Gasteiger partial charge in [-0.05, 0) is 18.2 Å². The van der Waals surface area contributed by atoms with Gasteiger partial charge in [0.15, 0.2) is 6.04 Å². The maximum absolute atomic E-state index is 11.7. The van der Waals surface area contributed by atoms with Crippen LogP contribution in [0.5, 0.6) is 0 Å². The molecule has 0 heterocycles. The number of carbonyl (C=O) groups excluding carboxylic acids is 1. The number of aliphatic hydroxyl groups excluding tert-OH is 1. The van der Waals surface area contributed by atoms with Crippen LogP contribution in [0.25, 0.3) is 0 Å². The van der Waals surface area contributed by atoms with Crippen LogP contribution in [0.15, 0.2) is 22.7 Å². The Hall–Kier alpha value is -1.11. The molecule has 1 aromatic rings. The molecule has 17 heavy (non-hydrogen) atoms. The van der Waals surface area contributed by atoms with Crippen molar-refractivity contribution in [3.8, 4) is 0 Å². The van der Waals surface area contributed by atoms with E-state index in [0.29, 0.717) is 4.47 Å². The zero-order valence-corrected chi connectivity index (χ0v) is 10.8. The van der Waals surface area contributed by atoms with Crippen molar-refractivity contribution in [3.63, 3.8) is 0 Å². The molecule has 1 amide bonds. The minimum absolute atomic E-state index is 0.140. The lowest BCUT2D eigenvalue weighted by Crippen LogP contribution is -2.43. The SMILES string of the molecule is O=C(N[C@H](CO)C(=O)O)c1cc(Br)ccc1Cl. The van der Waals surface area contributed by atoms with Gasteiger partial charge in [-0.2, -0.15) is 0 Å². The van der Waals surface area contributed by atoms with Gasteiger partial charge >= 0.3 is 5.97 Å². The van der Waals surface area contributed by atoms with E-state index in [0.717, 1.165) is 0 Å². The molecule has 0 spiro atoms. The molecule has 0 bridgehead atoms. The topological polar surface area (TPSA) is 86.6 Å². The maximum Gasteiger partial charge on any atom is 0.328 e. The average Bonchev–Trinajstić information content (AvgIpc) is 2.28. The van der Waals surface area contributed by atoms with Gasteiger partial charge in [-0.3, -0.25) is 4.79 Å². The molecule has 7 heteroatoms. The summed E-state index contributed by atoms with van der Waals surface area (Å²) in [4.78, 5) is 22.3. The third-order valence-corrected chi connectivity index (χ3v) is 2.78. The predicted octanol–water partition coefficient (Wildman–Crippen LogP) is 1.28. The molecule has 0 radical (unpaired) electrons. The average molecular weight is 323 g/mol. The number of benzene rings is 1. The fraction of sp³-hybridized carbons (Fsp3) is 0.200. The highest BCUT2D eigenvalue weighted by molar-refractivity contribution is 9.10. The summed E-state index contributed by atoms with van der Waals surface area (Å²) in [5.74, 6) is -1.97. The smallest absolute Gasteiger partial charge is 0.328 e. The van der Waals surface area contributed by atoms with Gasteiger partial charge in [0, 0.05) is 4.47 Å². The lowest BCUT2D eigenvalue weighted by atomic mass is 10.2. The van der Waals surface area contributed by atoms with Gasteiger partial charge in [0.2, 0.25) is 0 Å². The Morgan fingerprint density at radius 2 is 2.12 bits per heavy atom. The van der Waals surface area contributed by atoms with Crippen molar-refractivity contribution in [2.24, 2.45) is 0 Å². The standard InChI is InChI=1S/C10H9BrClNO4/c11-5-1-2-7(12)6(3-5)9(15)13-8(4-14)10(16)17/h1-3,8,14H,4H2,(H,13,15)(H,16,17)/t8-/m1/s1. The van der Waals surface area contributed by atoms with Gasteiger partial charge in [0.05, 0.1) is 17.2 Å². The Morgan fingerprint density at radius 3 is 2.65 bits per heavy atom. The normalized spacial score (nSPS) is 11.9. The minimum Gasteiger partial charge on any atom is -0.480 e. The Balaban J connectivity index is 2.89. The highest BCUT2D eigenvalue weighted by Crippen LogP contribution is 2.20. The second-order valence-corrected chi connectivity index (χ2v) is 4.49. The number of aliphatic hydroxyl groups is 1. The van der Waals surface area contributed by atoms with E-state index in [4.69, 9.17) is 21.8 Å². The van der Waals surface area contributed by atoms with Crippen molar-refractivity contribution >= 4 is 39.4 Å². The van der Waals surface area contributed by atoms with E-state index in [2.05, 4.69) is 21.2 Å². The van der Waals surface area contributed by atoms with E-state index in [9.17, 15) is 9.59 Å². The van der Waals surface area contributed by atoms with Crippen molar-refractivity contribution in [1.29, 1.82) is 0 Å². The van der Waals surface area contributed by atoms with Gasteiger partial charge in [-0.1, -0.05) is 27.5 Å². The van der Waals surface area contributed by atoms with Crippen LogP contribution in [0.3, 0.4) is 0 Å². The Morgan fingerprint density at radius 1 is 1.47 bits per heavy atom. The van der Waals surface area contributed by atoms with Gasteiger partial charge in [-0.15, -0.1) is 0 Å². The summed E-state index contributed by atoms with van der Waals surface area (Å²) in [6.45, 7) is -0.688. The molecular weight excluding hydrogens is 313 g/mol. The highest BCUT2D eigenvalue weighted by atomic mass is 79.9. The molecule has 0 aliphatic rings. The summed E-state index contributed by atoms with van der Waals surface area (Å²) in [6, 6.07) is 3.28. The van der Waals surface area contributed by atoms with Crippen LogP contribution in [0, 0.1) is 0 Å². The molecule has 0 aromatic heterocycles. The first-order chi connectivity index (χ1) is 7.95. The number of carboxylic acids is 1. The van der Waals surface area contributed by atoms with Crippen molar-refractivity contribution in [3.05, 3.63) is 33.3 Å². The van der Waals surface area contributed by atoms with Crippen LogP contribution in [0.1, 0.15) is 10.4 Å². The van der Waals surface area contributed by atoms with Crippen molar-refractivity contribution < 1.29 is 19.8 Å². The molecule has 0 aliphatic heterocycles. The maximum atomic E-state index is 11.7. The third kappa shape index (κ3) is 3.69. The molecular formula is C10H9BrClNO4. The lowest BCUT2D eigenvalue weighted by Gasteiger charge is -2.12. The van der Waals surface area contributed by atoms with Gasteiger partial charge in [0.1, 0.15) is 0 Å². The molecule has 0 saturated carbocycles. The highest BCUT2D eigenvalue weighted by Gasteiger charge is 2.20. The van der Waals surface area contributed by atoms with E-state index >= 15 is 0 Å². The monoisotopic (exact) mass is 321 g/mol. The van der Waals surface area contributed by atoms with Crippen LogP contribution < -0.4 is 5.32 Å². The van der Waals surface area contributed by atoms with Gasteiger partial charge in [-0.25, -0.2) is 4.79 Å². The Kier molecular flexibility index (Phi) is 4.92. The number of halogens is 2. The first-order valence-corrected chi connectivity index (χ1v) is 5.72. The van der Waals surface area contributed by atoms with Crippen LogP contribution in [0.2, 0.25) is 5.02 Å². The van der Waals surface area contributed by atoms with Crippen molar-refractivity contribution in [2.75, 3.05) is 6.61 Å². The summed E-state index contributed by atoms with van der Waals surface area (Å²) in [6.07, 6.45) is 0. The van der Waals surface area contributed by atoms with Crippen molar-refractivity contribution in [1.82, 2.24) is 5.32 Å². The molecule has 92 valence electrons. The van der Waals surface area contributed by atoms with Gasteiger partial charge < -0.3 is 15.5 Å². The molecule has 3 N–H and O–H groups in total. The summed E-state index contributed by atoms with van der Waals surface area (Å²) in [7, 11) is 0. The summed E-state index contributed by atoms with van der Waals surface area (Å²) < 4.78 is 0.642.